The van der Waals surface area contributed by atoms with Gasteiger partial charge in [0.15, 0.2) is 0 Å². The molecule has 0 aromatic heterocycles. The normalized spacial score (nSPS) is 16.3. The summed E-state index contributed by atoms with van der Waals surface area (Å²) in [6.07, 6.45) is 0.285. The molecule has 0 amide bonds. The molecule has 1 unspecified atom stereocenters. The third-order valence-electron chi connectivity index (χ3n) is 2.79. The topological polar surface area (TPSA) is 15.3 Å². The highest BCUT2D eigenvalue weighted by molar-refractivity contribution is 5.63. The second kappa shape index (κ2) is 4.09. The third-order valence-corrected chi connectivity index (χ3v) is 2.79. The number of fused-ring (bicyclic) bond motifs is 1. The van der Waals surface area contributed by atoms with Gasteiger partial charge in [-0.15, -0.1) is 0 Å². The van der Waals surface area contributed by atoms with Crippen LogP contribution in [-0.2, 0) is 6.42 Å². The smallest absolute Gasteiger partial charge is 0.114 e. The Hall–Kier alpha value is -1.25. The number of nitrogens with zero attached hydrogens (tertiary/aromatic N) is 1. The molecule has 0 bridgehead atoms. The van der Waals surface area contributed by atoms with Gasteiger partial charge in [0.05, 0.1) is 0 Å². The van der Waals surface area contributed by atoms with E-state index in [4.69, 9.17) is 0 Å². The number of benzene rings is 1. The lowest BCUT2D eigenvalue weighted by Gasteiger charge is -2.13. The Balaban J connectivity index is 2.09. The van der Waals surface area contributed by atoms with Crippen LogP contribution in [0.15, 0.2) is 18.2 Å². The van der Waals surface area contributed by atoms with Crippen LogP contribution in [0, 0.1) is 0 Å². The fourth-order valence-electron chi connectivity index (χ4n) is 1.94. The minimum atomic E-state index is -0.805. The molecular weight excluding hydrogens is 191 g/mol. The fraction of sp³-hybridized carbons (Fsp3) is 0.500. The van der Waals surface area contributed by atoms with Crippen LogP contribution in [-0.4, -0.2) is 26.3 Å². The number of rotatable bonds is 3. The molecule has 82 valence electrons. The molecule has 0 fully saturated rings. The van der Waals surface area contributed by atoms with Crippen LogP contribution in [0.5, 0.6) is 0 Å². The van der Waals surface area contributed by atoms with Crippen molar-refractivity contribution in [1.29, 1.82) is 0 Å². The first-order valence-corrected chi connectivity index (χ1v) is 5.39. The standard InChI is InChI=1S/C12H17FN2/c1-9(13)8-14-11-3-4-12-10(7-11)5-6-15(12)2/h3-4,7,9,14H,5-6,8H2,1-2H3. The predicted octanol–water partition coefficient (Wildman–Crippen LogP) is 2.45. The summed E-state index contributed by atoms with van der Waals surface area (Å²) < 4.78 is 12.7. The van der Waals surface area contributed by atoms with Gasteiger partial charge >= 0.3 is 0 Å². The first-order chi connectivity index (χ1) is 7.16. The number of halogens is 1. The Labute approximate surface area is 90.1 Å². The van der Waals surface area contributed by atoms with Crippen LogP contribution in [0.1, 0.15) is 12.5 Å². The molecule has 3 heteroatoms. The highest BCUT2D eigenvalue weighted by Crippen LogP contribution is 2.28. The number of nitrogens with one attached hydrogen (secondary N) is 1. The lowest BCUT2D eigenvalue weighted by Crippen LogP contribution is -2.12. The zero-order valence-electron chi connectivity index (χ0n) is 9.26. The summed E-state index contributed by atoms with van der Waals surface area (Å²) >= 11 is 0. The van der Waals surface area contributed by atoms with Crippen molar-refractivity contribution in [3.05, 3.63) is 23.8 Å². The van der Waals surface area contributed by atoms with E-state index in [1.807, 2.05) is 6.07 Å². The van der Waals surface area contributed by atoms with Gasteiger partial charge in [-0.2, -0.15) is 0 Å². The summed E-state index contributed by atoms with van der Waals surface area (Å²) in [7, 11) is 2.10. The van der Waals surface area contributed by atoms with Crippen LogP contribution in [0.4, 0.5) is 15.8 Å². The van der Waals surface area contributed by atoms with Gasteiger partial charge in [0.1, 0.15) is 6.17 Å². The maximum atomic E-state index is 12.7. The van der Waals surface area contributed by atoms with Crippen LogP contribution in [0.3, 0.4) is 0 Å². The highest BCUT2D eigenvalue weighted by Gasteiger charge is 2.15. The minimum Gasteiger partial charge on any atom is -0.382 e. The molecule has 1 aliphatic rings. The van der Waals surface area contributed by atoms with E-state index >= 15 is 0 Å². The average Bonchev–Trinajstić information content (AvgIpc) is 2.57. The molecule has 2 rings (SSSR count). The van der Waals surface area contributed by atoms with Crippen molar-refractivity contribution in [3.8, 4) is 0 Å². The number of hydrogen-bond donors (Lipinski definition) is 1. The van der Waals surface area contributed by atoms with Crippen molar-refractivity contribution in [1.82, 2.24) is 0 Å². The van der Waals surface area contributed by atoms with Crippen LogP contribution in [0.25, 0.3) is 0 Å². The van der Waals surface area contributed by atoms with Crippen LogP contribution >= 0.6 is 0 Å². The molecule has 0 saturated heterocycles. The maximum Gasteiger partial charge on any atom is 0.114 e. The second-order valence-electron chi connectivity index (χ2n) is 4.18. The number of hydrogen-bond acceptors (Lipinski definition) is 2. The predicted molar refractivity (Wildman–Crippen MR) is 62.5 cm³/mol. The lowest BCUT2D eigenvalue weighted by atomic mass is 10.1. The number of likely N-dealkylation sites (N-methyl/N-ethyl adjacent to an activating group) is 1. The first kappa shape index (κ1) is 10.3. The zero-order valence-corrected chi connectivity index (χ0v) is 9.26. The fourth-order valence-corrected chi connectivity index (χ4v) is 1.94. The summed E-state index contributed by atoms with van der Waals surface area (Å²) in [5, 5.41) is 3.10. The van der Waals surface area contributed by atoms with Gasteiger partial charge in [0, 0.05) is 31.5 Å². The maximum absolute atomic E-state index is 12.7. The molecule has 15 heavy (non-hydrogen) atoms. The summed E-state index contributed by atoms with van der Waals surface area (Å²) in [6.45, 7) is 3.03. The van der Waals surface area contributed by atoms with Gasteiger partial charge in [-0.1, -0.05) is 0 Å². The Morgan fingerprint density at radius 2 is 2.33 bits per heavy atom. The average molecular weight is 208 g/mol. The Kier molecular flexibility index (Phi) is 2.80. The largest absolute Gasteiger partial charge is 0.382 e. The Morgan fingerprint density at radius 1 is 1.53 bits per heavy atom. The van der Waals surface area contributed by atoms with Gasteiger partial charge in [-0.3, -0.25) is 0 Å². The van der Waals surface area contributed by atoms with E-state index in [9.17, 15) is 4.39 Å². The van der Waals surface area contributed by atoms with Crippen molar-refractivity contribution in [2.75, 3.05) is 30.4 Å². The SMILES string of the molecule is CC(F)CNc1ccc2c(c1)CCN2C. The van der Waals surface area contributed by atoms with Crippen molar-refractivity contribution < 1.29 is 4.39 Å². The van der Waals surface area contributed by atoms with E-state index in [2.05, 4.69) is 29.4 Å². The summed E-state index contributed by atoms with van der Waals surface area (Å²) in [4.78, 5) is 2.25. The van der Waals surface area contributed by atoms with Crippen LogP contribution < -0.4 is 10.2 Å². The van der Waals surface area contributed by atoms with Gasteiger partial charge < -0.3 is 10.2 Å². The molecule has 2 nitrogen and oxygen atoms in total. The van der Waals surface area contributed by atoms with Crippen molar-refractivity contribution >= 4 is 11.4 Å². The monoisotopic (exact) mass is 208 g/mol. The second-order valence-corrected chi connectivity index (χ2v) is 4.18. The summed E-state index contributed by atoms with van der Waals surface area (Å²) in [6, 6.07) is 6.25. The number of alkyl halides is 1. The van der Waals surface area contributed by atoms with Gasteiger partial charge in [0.25, 0.3) is 0 Å². The molecule has 1 heterocycles. The van der Waals surface area contributed by atoms with Crippen LogP contribution in [0.2, 0.25) is 0 Å². The first-order valence-electron chi connectivity index (χ1n) is 5.39. The van der Waals surface area contributed by atoms with E-state index in [1.54, 1.807) is 6.92 Å². The molecule has 1 aromatic carbocycles. The molecule has 1 aromatic rings. The van der Waals surface area contributed by atoms with E-state index in [0.29, 0.717) is 6.54 Å². The Bertz CT molecular complexity index is 349. The molecule has 1 atom stereocenters. The van der Waals surface area contributed by atoms with E-state index in [1.165, 1.54) is 11.3 Å². The van der Waals surface area contributed by atoms with Gasteiger partial charge in [0.2, 0.25) is 0 Å². The minimum absolute atomic E-state index is 0.384. The van der Waals surface area contributed by atoms with E-state index < -0.39 is 6.17 Å². The molecule has 0 radical (unpaired) electrons. The third kappa shape index (κ3) is 2.22. The molecule has 1 aliphatic heterocycles. The highest BCUT2D eigenvalue weighted by atomic mass is 19.1. The molecule has 1 N–H and O–H groups in total. The molecule has 0 spiro atoms. The Morgan fingerprint density at radius 3 is 3.07 bits per heavy atom. The molecule has 0 saturated carbocycles. The summed E-state index contributed by atoms with van der Waals surface area (Å²) in [5.41, 5.74) is 3.68. The quantitative estimate of drug-likeness (QED) is 0.820. The van der Waals surface area contributed by atoms with Gasteiger partial charge in [-0.05, 0) is 37.1 Å². The van der Waals surface area contributed by atoms with E-state index in [-0.39, 0.29) is 0 Å². The molecule has 0 aliphatic carbocycles. The van der Waals surface area contributed by atoms with Crippen molar-refractivity contribution in [3.63, 3.8) is 0 Å². The molecular formula is C12H17FN2. The van der Waals surface area contributed by atoms with Crippen molar-refractivity contribution in [2.45, 2.75) is 19.5 Å². The zero-order chi connectivity index (χ0) is 10.8. The van der Waals surface area contributed by atoms with Gasteiger partial charge in [-0.25, -0.2) is 4.39 Å². The van der Waals surface area contributed by atoms with E-state index in [0.717, 1.165) is 18.7 Å². The number of anilines is 2. The van der Waals surface area contributed by atoms with Crippen molar-refractivity contribution in [2.24, 2.45) is 0 Å². The lowest BCUT2D eigenvalue weighted by molar-refractivity contribution is 0.378. The summed E-state index contributed by atoms with van der Waals surface area (Å²) in [5.74, 6) is 0.